The number of rotatable bonds is 3. The third-order valence-electron chi connectivity index (χ3n) is 4.65. The van der Waals surface area contributed by atoms with Crippen LogP contribution in [0.1, 0.15) is 17.7 Å². The highest BCUT2D eigenvalue weighted by Crippen LogP contribution is 2.24. The maximum absolute atomic E-state index is 12.5. The standard InChI is InChI=1S/C18H17N5O4/c1-27-13-6-15-17(20-8-13)21-9-16(24)23(15)12-4-10-2-3-11(22-18(25)26)5-14(10)19-7-12/h4,6-9,11,22H,2-3,5H2,1H3,(H,25,26). The smallest absolute Gasteiger partial charge is 0.404 e. The minimum Gasteiger partial charge on any atom is -0.495 e. The quantitative estimate of drug-likeness (QED) is 0.716. The van der Waals surface area contributed by atoms with Gasteiger partial charge in [-0.3, -0.25) is 14.3 Å². The van der Waals surface area contributed by atoms with Gasteiger partial charge in [0.25, 0.3) is 5.56 Å². The summed E-state index contributed by atoms with van der Waals surface area (Å²) in [6, 6.07) is 3.48. The molecular weight excluding hydrogens is 350 g/mol. The number of amides is 1. The zero-order chi connectivity index (χ0) is 19.0. The Bertz CT molecular complexity index is 1090. The molecular formula is C18H17N5O4. The molecule has 1 amide bonds. The van der Waals surface area contributed by atoms with Gasteiger partial charge in [-0.2, -0.15) is 0 Å². The molecule has 0 saturated heterocycles. The number of aryl methyl sites for hydroxylation is 1. The van der Waals surface area contributed by atoms with Crippen LogP contribution in [0.15, 0.2) is 35.5 Å². The second-order valence-electron chi connectivity index (χ2n) is 6.34. The number of nitrogens with zero attached hydrogens (tertiary/aromatic N) is 4. The van der Waals surface area contributed by atoms with Crippen LogP contribution >= 0.6 is 0 Å². The van der Waals surface area contributed by atoms with E-state index in [2.05, 4.69) is 20.3 Å². The Balaban J connectivity index is 1.78. The summed E-state index contributed by atoms with van der Waals surface area (Å²) in [6.45, 7) is 0. The van der Waals surface area contributed by atoms with Gasteiger partial charge in [0.15, 0.2) is 5.65 Å². The van der Waals surface area contributed by atoms with E-state index in [4.69, 9.17) is 9.84 Å². The molecule has 0 spiro atoms. The molecule has 0 aromatic carbocycles. The van der Waals surface area contributed by atoms with Gasteiger partial charge in [0.1, 0.15) is 5.75 Å². The van der Waals surface area contributed by atoms with Crippen molar-refractivity contribution in [2.75, 3.05) is 7.11 Å². The van der Waals surface area contributed by atoms with Gasteiger partial charge < -0.3 is 15.2 Å². The summed E-state index contributed by atoms with van der Waals surface area (Å²) in [5.74, 6) is 0.525. The summed E-state index contributed by atoms with van der Waals surface area (Å²) in [5.41, 5.74) is 3.13. The molecule has 9 nitrogen and oxygen atoms in total. The Morgan fingerprint density at radius 2 is 2.07 bits per heavy atom. The van der Waals surface area contributed by atoms with Crippen molar-refractivity contribution in [2.24, 2.45) is 0 Å². The molecule has 3 heterocycles. The minimum absolute atomic E-state index is 0.147. The Morgan fingerprint density at radius 3 is 2.85 bits per heavy atom. The second kappa shape index (κ2) is 6.67. The van der Waals surface area contributed by atoms with Crippen LogP contribution in [0.4, 0.5) is 4.79 Å². The molecule has 9 heteroatoms. The molecule has 27 heavy (non-hydrogen) atoms. The van der Waals surface area contributed by atoms with Crippen molar-refractivity contribution in [3.8, 4) is 11.4 Å². The Morgan fingerprint density at radius 1 is 1.26 bits per heavy atom. The average Bonchev–Trinajstić information content (AvgIpc) is 2.66. The summed E-state index contributed by atoms with van der Waals surface area (Å²) >= 11 is 0. The lowest BCUT2D eigenvalue weighted by Crippen LogP contribution is -2.38. The van der Waals surface area contributed by atoms with Gasteiger partial charge in [-0.05, 0) is 24.5 Å². The van der Waals surface area contributed by atoms with Gasteiger partial charge in [-0.1, -0.05) is 0 Å². The molecule has 0 bridgehead atoms. The van der Waals surface area contributed by atoms with Crippen LogP contribution in [0, 0.1) is 0 Å². The van der Waals surface area contributed by atoms with E-state index < -0.39 is 6.09 Å². The summed E-state index contributed by atoms with van der Waals surface area (Å²) in [6.07, 6.45) is 5.26. The van der Waals surface area contributed by atoms with E-state index in [1.54, 1.807) is 18.5 Å². The van der Waals surface area contributed by atoms with Crippen molar-refractivity contribution < 1.29 is 14.6 Å². The lowest BCUT2D eigenvalue weighted by Gasteiger charge is -2.24. The van der Waals surface area contributed by atoms with Crippen LogP contribution in [-0.2, 0) is 12.8 Å². The first-order valence-electron chi connectivity index (χ1n) is 8.44. The summed E-state index contributed by atoms with van der Waals surface area (Å²) < 4.78 is 6.72. The van der Waals surface area contributed by atoms with Crippen LogP contribution < -0.4 is 15.6 Å². The number of ether oxygens (including phenoxy) is 1. The maximum atomic E-state index is 12.5. The van der Waals surface area contributed by atoms with E-state index in [1.807, 2.05) is 6.07 Å². The summed E-state index contributed by atoms with van der Waals surface area (Å²) in [7, 11) is 1.53. The van der Waals surface area contributed by atoms with Crippen LogP contribution in [0.5, 0.6) is 5.75 Å². The van der Waals surface area contributed by atoms with E-state index in [1.165, 1.54) is 17.9 Å². The van der Waals surface area contributed by atoms with Gasteiger partial charge in [0, 0.05) is 24.2 Å². The van der Waals surface area contributed by atoms with Crippen molar-refractivity contribution in [2.45, 2.75) is 25.3 Å². The first-order valence-corrected chi connectivity index (χ1v) is 8.44. The number of carbonyl (C=O) groups is 1. The first-order chi connectivity index (χ1) is 13.0. The number of fused-ring (bicyclic) bond motifs is 2. The largest absolute Gasteiger partial charge is 0.495 e. The highest BCUT2D eigenvalue weighted by molar-refractivity contribution is 5.73. The number of pyridine rings is 2. The monoisotopic (exact) mass is 367 g/mol. The topological polar surface area (TPSA) is 119 Å². The van der Waals surface area contributed by atoms with E-state index in [-0.39, 0.29) is 11.6 Å². The van der Waals surface area contributed by atoms with Gasteiger partial charge >= 0.3 is 6.09 Å². The number of nitrogens with one attached hydrogen (secondary N) is 1. The van der Waals surface area contributed by atoms with Crippen LogP contribution in [-0.4, -0.2) is 43.9 Å². The zero-order valence-corrected chi connectivity index (χ0v) is 14.5. The SMILES string of the molecule is COc1cnc2ncc(=O)n(-c3cnc4c(c3)CCC(NC(=O)O)C4)c2c1. The molecule has 1 atom stereocenters. The van der Waals surface area contributed by atoms with E-state index in [0.717, 1.165) is 11.3 Å². The molecule has 138 valence electrons. The van der Waals surface area contributed by atoms with Crippen molar-refractivity contribution in [3.05, 3.63) is 52.3 Å². The number of hydrogen-bond donors (Lipinski definition) is 2. The lowest BCUT2D eigenvalue weighted by atomic mass is 9.92. The lowest BCUT2D eigenvalue weighted by molar-refractivity contribution is 0.188. The van der Waals surface area contributed by atoms with Crippen molar-refractivity contribution in [3.63, 3.8) is 0 Å². The number of carboxylic acid groups (broad SMARTS) is 1. The molecule has 1 unspecified atom stereocenters. The summed E-state index contributed by atoms with van der Waals surface area (Å²) in [5, 5.41) is 11.4. The van der Waals surface area contributed by atoms with Gasteiger partial charge in [0.05, 0.1) is 36.9 Å². The molecule has 2 N–H and O–H groups in total. The molecule has 1 aliphatic carbocycles. The van der Waals surface area contributed by atoms with E-state index in [0.29, 0.717) is 41.9 Å². The fraction of sp³-hybridized carbons (Fsp3) is 0.278. The fourth-order valence-electron chi connectivity index (χ4n) is 3.37. The van der Waals surface area contributed by atoms with Gasteiger partial charge in [0.2, 0.25) is 0 Å². The van der Waals surface area contributed by atoms with Crippen molar-refractivity contribution in [1.82, 2.24) is 24.8 Å². The Labute approximate surface area is 153 Å². The third-order valence-corrected chi connectivity index (χ3v) is 4.65. The molecule has 0 saturated carbocycles. The molecule has 1 aliphatic rings. The fourth-order valence-corrected chi connectivity index (χ4v) is 3.37. The molecule has 0 fully saturated rings. The van der Waals surface area contributed by atoms with Crippen molar-refractivity contribution >= 4 is 17.3 Å². The maximum Gasteiger partial charge on any atom is 0.404 e. The molecule has 3 aromatic rings. The van der Waals surface area contributed by atoms with Crippen molar-refractivity contribution in [1.29, 1.82) is 0 Å². The minimum atomic E-state index is -1.03. The normalized spacial score (nSPS) is 16.0. The molecule has 4 rings (SSSR count). The molecule has 0 radical (unpaired) electrons. The number of methoxy groups -OCH3 is 1. The Hall–Kier alpha value is -3.49. The van der Waals surface area contributed by atoms with E-state index in [9.17, 15) is 9.59 Å². The predicted octanol–water partition coefficient (Wildman–Crippen LogP) is 1.31. The van der Waals surface area contributed by atoms with E-state index >= 15 is 0 Å². The second-order valence-corrected chi connectivity index (χ2v) is 6.34. The zero-order valence-electron chi connectivity index (χ0n) is 14.5. The molecule has 0 aliphatic heterocycles. The Kier molecular flexibility index (Phi) is 4.19. The number of aromatic nitrogens is 4. The summed E-state index contributed by atoms with van der Waals surface area (Å²) in [4.78, 5) is 36.1. The highest BCUT2D eigenvalue weighted by atomic mass is 16.5. The van der Waals surface area contributed by atoms with Crippen LogP contribution in [0.3, 0.4) is 0 Å². The highest BCUT2D eigenvalue weighted by Gasteiger charge is 2.22. The first kappa shape index (κ1) is 17.0. The van der Waals surface area contributed by atoms with Gasteiger partial charge in [-0.25, -0.2) is 14.8 Å². The van der Waals surface area contributed by atoms with Gasteiger partial charge in [-0.15, -0.1) is 0 Å². The van der Waals surface area contributed by atoms with Crippen LogP contribution in [0.25, 0.3) is 16.9 Å². The van der Waals surface area contributed by atoms with Crippen LogP contribution in [0.2, 0.25) is 0 Å². The average molecular weight is 367 g/mol. The number of hydrogen-bond acceptors (Lipinski definition) is 6. The molecule has 3 aromatic heterocycles. The third kappa shape index (κ3) is 3.19. The predicted molar refractivity (Wildman–Crippen MR) is 96.5 cm³/mol.